The van der Waals surface area contributed by atoms with E-state index in [1.165, 1.54) is 4.90 Å². The van der Waals surface area contributed by atoms with Gasteiger partial charge in [-0.1, -0.05) is 38.1 Å². The maximum absolute atomic E-state index is 12.2. The molecule has 2 atom stereocenters. The standard InChI is InChI=1S/C19H27NO4/c1-13(2)16-9-17(19(22)20(3)4)24-18(10-16)23-12-15-7-5-14(11-21)6-8-15/h5-9,13,16,18,21H,10-12H2,1-4H3/t16-,18+/m0/s1. The second-order valence-corrected chi connectivity index (χ2v) is 6.71. The number of allylic oxidation sites excluding steroid dienone is 1. The topological polar surface area (TPSA) is 59.0 Å². The van der Waals surface area contributed by atoms with E-state index in [0.29, 0.717) is 18.3 Å². The first-order valence-electron chi connectivity index (χ1n) is 8.31. The zero-order chi connectivity index (χ0) is 17.7. The van der Waals surface area contributed by atoms with Crippen molar-refractivity contribution in [3.63, 3.8) is 0 Å². The Balaban J connectivity index is 2.01. The van der Waals surface area contributed by atoms with Crippen LogP contribution in [0.15, 0.2) is 36.1 Å². The summed E-state index contributed by atoms with van der Waals surface area (Å²) >= 11 is 0. The average Bonchev–Trinajstić information content (AvgIpc) is 2.59. The van der Waals surface area contributed by atoms with Crippen molar-refractivity contribution in [1.82, 2.24) is 4.90 Å². The lowest BCUT2D eigenvalue weighted by atomic mass is 9.90. The van der Waals surface area contributed by atoms with Gasteiger partial charge in [-0.3, -0.25) is 4.79 Å². The lowest BCUT2D eigenvalue weighted by Crippen LogP contribution is -2.33. The van der Waals surface area contributed by atoms with Crippen molar-refractivity contribution >= 4 is 5.91 Å². The number of hydrogen-bond acceptors (Lipinski definition) is 4. The summed E-state index contributed by atoms with van der Waals surface area (Å²) in [5, 5.41) is 9.08. The average molecular weight is 333 g/mol. The number of hydrogen-bond donors (Lipinski definition) is 1. The lowest BCUT2D eigenvalue weighted by Gasteiger charge is -2.31. The van der Waals surface area contributed by atoms with Crippen LogP contribution in [0.2, 0.25) is 0 Å². The molecular weight excluding hydrogens is 306 g/mol. The minimum atomic E-state index is -0.432. The van der Waals surface area contributed by atoms with Crippen LogP contribution in [0.1, 0.15) is 31.4 Å². The van der Waals surface area contributed by atoms with Gasteiger partial charge >= 0.3 is 0 Å². The summed E-state index contributed by atoms with van der Waals surface area (Å²) in [6.07, 6.45) is 2.22. The van der Waals surface area contributed by atoms with Crippen LogP contribution >= 0.6 is 0 Å². The van der Waals surface area contributed by atoms with Crippen LogP contribution in [0, 0.1) is 11.8 Å². The number of benzene rings is 1. The molecule has 1 aliphatic rings. The van der Waals surface area contributed by atoms with E-state index in [2.05, 4.69) is 13.8 Å². The molecule has 0 saturated carbocycles. The summed E-state index contributed by atoms with van der Waals surface area (Å²) in [5.74, 6) is 0.889. The molecule has 1 aromatic carbocycles. The third-order valence-electron chi connectivity index (χ3n) is 4.20. The van der Waals surface area contributed by atoms with Gasteiger partial charge in [0.25, 0.3) is 5.91 Å². The highest BCUT2D eigenvalue weighted by Gasteiger charge is 2.29. The van der Waals surface area contributed by atoms with Crippen molar-refractivity contribution in [1.29, 1.82) is 0 Å². The Bertz CT molecular complexity index is 578. The van der Waals surface area contributed by atoms with Gasteiger partial charge in [0, 0.05) is 20.5 Å². The maximum atomic E-state index is 12.2. The summed E-state index contributed by atoms with van der Waals surface area (Å²) in [6.45, 7) is 4.71. The molecule has 0 fully saturated rings. The number of aliphatic hydroxyl groups is 1. The molecule has 132 valence electrons. The van der Waals surface area contributed by atoms with Gasteiger partial charge < -0.3 is 19.5 Å². The van der Waals surface area contributed by atoms with Crippen LogP contribution in [-0.2, 0) is 27.5 Å². The monoisotopic (exact) mass is 333 g/mol. The van der Waals surface area contributed by atoms with Crippen molar-refractivity contribution in [2.24, 2.45) is 11.8 Å². The number of carbonyl (C=O) groups is 1. The van der Waals surface area contributed by atoms with E-state index in [4.69, 9.17) is 14.6 Å². The number of aliphatic hydroxyl groups excluding tert-OH is 1. The van der Waals surface area contributed by atoms with Gasteiger partial charge in [0.2, 0.25) is 6.29 Å². The molecule has 1 amide bonds. The molecule has 2 rings (SSSR count). The lowest BCUT2D eigenvalue weighted by molar-refractivity contribution is -0.158. The number of amides is 1. The van der Waals surface area contributed by atoms with Gasteiger partial charge in [0.1, 0.15) is 0 Å². The fraction of sp³-hybridized carbons (Fsp3) is 0.526. The summed E-state index contributed by atoms with van der Waals surface area (Å²) in [5.41, 5.74) is 1.88. The van der Waals surface area contributed by atoms with E-state index in [-0.39, 0.29) is 18.4 Å². The van der Waals surface area contributed by atoms with Crippen molar-refractivity contribution in [2.75, 3.05) is 14.1 Å². The number of nitrogens with zero attached hydrogens (tertiary/aromatic N) is 1. The number of carbonyl (C=O) groups excluding carboxylic acids is 1. The second kappa shape index (κ2) is 8.31. The Morgan fingerprint density at radius 2 is 1.92 bits per heavy atom. The third kappa shape index (κ3) is 4.82. The number of likely N-dealkylation sites (N-methyl/N-ethyl adjacent to an activating group) is 1. The first kappa shape index (κ1) is 18.5. The van der Waals surface area contributed by atoms with Crippen LogP contribution in [0.3, 0.4) is 0 Å². The van der Waals surface area contributed by atoms with E-state index >= 15 is 0 Å². The van der Waals surface area contributed by atoms with Crippen LogP contribution in [-0.4, -0.2) is 36.3 Å². The van der Waals surface area contributed by atoms with E-state index in [1.807, 2.05) is 30.3 Å². The predicted molar refractivity (Wildman–Crippen MR) is 91.7 cm³/mol. The molecule has 0 spiro atoms. The molecular formula is C19H27NO4. The third-order valence-corrected chi connectivity index (χ3v) is 4.20. The molecule has 1 aliphatic heterocycles. The highest BCUT2D eigenvalue weighted by Crippen LogP contribution is 2.29. The zero-order valence-corrected chi connectivity index (χ0v) is 14.9. The Morgan fingerprint density at radius 3 is 2.46 bits per heavy atom. The SMILES string of the molecule is CC(C)[C@H]1C=C(C(=O)N(C)C)O[C@@H](OCc2ccc(CO)cc2)C1. The normalized spacial score (nSPS) is 20.5. The highest BCUT2D eigenvalue weighted by molar-refractivity contribution is 5.91. The highest BCUT2D eigenvalue weighted by atomic mass is 16.7. The van der Waals surface area contributed by atoms with Crippen molar-refractivity contribution in [3.8, 4) is 0 Å². The van der Waals surface area contributed by atoms with E-state index in [1.54, 1.807) is 14.1 Å². The molecule has 0 radical (unpaired) electrons. The quantitative estimate of drug-likeness (QED) is 0.869. The molecule has 0 unspecified atom stereocenters. The Morgan fingerprint density at radius 1 is 1.29 bits per heavy atom. The number of rotatable bonds is 6. The van der Waals surface area contributed by atoms with Crippen LogP contribution in [0.5, 0.6) is 0 Å². The molecule has 1 aromatic rings. The largest absolute Gasteiger partial charge is 0.459 e. The first-order valence-corrected chi connectivity index (χ1v) is 8.31. The van der Waals surface area contributed by atoms with Crippen LogP contribution in [0.4, 0.5) is 0 Å². The van der Waals surface area contributed by atoms with Crippen molar-refractivity contribution < 1.29 is 19.4 Å². The van der Waals surface area contributed by atoms with Gasteiger partial charge in [-0.15, -0.1) is 0 Å². The molecule has 0 aliphatic carbocycles. The molecule has 0 bridgehead atoms. The molecule has 1 heterocycles. The van der Waals surface area contributed by atoms with Gasteiger partial charge in [-0.2, -0.15) is 0 Å². The Labute approximate surface area is 143 Å². The van der Waals surface area contributed by atoms with Gasteiger partial charge in [-0.05, 0) is 29.0 Å². The summed E-state index contributed by atoms with van der Waals surface area (Å²) in [6, 6.07) is 7.60. The minimum Gasteiger partial charge on any atom is -0.459 e. The summed E-state index contributed by atoms with van der Waals surface area (Å²) in [7, 11) is 3.42. The first-order chi connectivity index (χ1) is 11.4. The predicted octanol–water partition coefficient (Wildman–Crippen LogP) is 2.69. The van der Waals surface area contributed by atoms with Crippen molar-refractivity contribution in [3.05, 3.63) is 47.2 Å². The molecule has 5 nitrogen and oxygen atoms in total. The van der Waals surface area contributed by atoms with Crippen LogP contribution < -0.4 is 0 Å². The molecule has 0 aromatic heterocycles. The smallest absolute Gasteiger partial charge is 0.288 e. The Kier molecular flexibility index (Phi) is 6.40. The maximum Gasteiger partial charge on any atom is 0.288 e. The van der Waals surface area contributed by atoms with Crippen molar-refractivity contribution in [2.45, 2.75) is 39.8 Å². The zero-order valence-electron chi connectivity index (χ0n) is 14.9. The van der Waals surface area contributed by atoms with Gasteiger partial charge in [-0.25, -0.2) is 0 Å². The fourth-order valence-electron chi connectivity index (χ4n) is 2.55. The molecule has 1 N–H and O–H groups in total. The number of ether oxygens (including phenoxy) is 2. The fourth-order valence-corrected chi connectivity index (χ4v) is 2.55. The summed E-state index contributed by atoms with van der Waals surface area (Å²) < 4.78 is 11.7. The minimum absolute atomic E-state index is 0.0315. The summed E-state index contributed by atoms with van der Waals surface area (Å²) in [4.78, 5) is 13.7. The van der Waals surface area contributed by atoms with Gasteiger partial charge in [0.15, 0.2) is 5.76 Å². The van der Waals surface area contributed by atoms with Gasteiger partial charge in [0.05, 0.1) is 13.2 Å². The molecule has 0 saturated heterocycles. The van der Waals surface area contributed by atoms with E-state index < -0.39 is 6.29 Å². The second-order valence-electron chi connectivity index (χ2n) is 6.71. The Hall–Kier alpha value is -1.85. The van der Waals surface area contributed by atoms with E-state index in [0.717, 1.165) is 17.5 Å². The molecule has 5 heteroatoms. The van der Waals surface area contributed by atoms with E-state index in [9.17, 15) is 4.79 Å². The molecule has 24 heavy (non-hydrogen) atoms. The van der Waals surface area contributed by atoms with Crippen LogP contribution in [0.25, 0.3) is 0 Å².